The Balaban J connectivity index is 1.31. The summed E-state index contributed by atoms with van der Waals surface area (Å²) in [6.07, 6.45) is -0.262. The topological polar surface area (TPSA) is 134 Å². The third-order valence-electron chi connectivity index (χ3n) is 7.30. The normalized spacial score (nSPS) is 17.0. The van der Waals surface area contributed by atoms with Crippen LogP contribution in [-0.4, -0.2) is 55.2 Å². The molecule has 1 aliphatic heterocycles. The number of anilines is 1. The zero-order valence-electron chi connectivity index (χ0n) is 22.7. The monoisotopic (exact) mass is 559 g/mol. The SMILES string of the molecule is Cc1cc(Cn2cc(-c3nn(C4CC5(C4)CN(C(=O)OC(C)(C)C)C5)c(N)c3C(N)=O)cn2)cc(C(F)(F)F)c1. The predicted octanol–water partition coefficient (Wildman–Crippen LogP) is 4.38. The summed E-state index contributed by atoms with van der Waals surface area (Å²) in [7, 11) is 0. The number of aryl methyl sites for hydroxylation is 1. The van der Waals surface area contributed by atoms with E-state index < -0.39 is 23.2 Å². The minimum atomic E-state index is -4.45. The summed E-state index contributed by atoms with van der Waals surface area (Å²) in [4.78, 5) is 26.3. The van der Waals surface area contributed by atoms with Crippen molar-refractivity contribution in [3.05, 3.63) is 52.8 Å². The molecule has 10 nitrogen and oxygen atoms in total. The molecule has 2 fully saturated rings. The summed E-state index contributed by atoms with van der Waals surface area (Å²) in [5.74, 6) is -0.597. The quantitative estimate of drug-likeness (QED) is 0.477. The summed E-state index contributed by atoms with van der Waals surface area (Å²) in [6, 6.07) is 3.77. The molecule has 0 unspecified atom stereocenters. The van der Waals surface area contributed by atoms with Crippen LogP contribution >= 0.6 is 0 Å². The van der Waals surface area contributed by atoms with Crippen molar-refractivity contribution >= 4 is 17.8 Å². The Bertz CT molecular complexity index is 1470. The van der Waals surface area contributed by atoms with Gasteiger partial charge in [-0.3, -0.25) is 9.48 Å². The molecule has 4 N–H and O–H groups in total. The first-order valence-corrected chi connectivity index (χ1v) is 12.9. The van der Waals surface area contributed by atoms with E-state index in [9.17, 15) is 22.8 Å². The Kier molecular flexibility index (Phi) is 6.38. The number of amides is 2. The first kappa shape index (κ1) is 27.5. The smallest absolute Gasteiger partial charge is 0.416 e. The fourth-order valence-corrected chi connectivity index (χ4v) is 5.64. The largest absolute Gasteiger partial charge is 0.444 e. The van der Waals surface area contributed by atoms with Crippen LogP contribution in [0.3, 0.4) is 0 Å². The molecule has 1 aromatic carbocycles. The maximum Gasteiger partial charge on any atom is 0.416 e. The highest BCUT2D eigenvalue weighted by Gasteiger charge is 2.55. The minimum Gasteiger partial charge on any atom is -0.444 e. The number of nitrogens with two attached hydrogens (primary N) is 2. The van der Waals surface area contributed by atoms with Gasteiger partial charge in [0.2, 0.25) is 0 Å². The average Bonchev–Trinajstić information content (AvgIpc) is 3.34. The number of benzene rings is 1. The van der Waals surface area contributed by atoms with E-state index in [1.165, 1.54) is 10.9 Å². The minimum absolute atomic E-state index is 0.0407. The van der Waals surface area contributed by atoms with E-state index in [1.807, 2.05) is 20.8 Å². The maximum absolute atomic E-state index is 13.2. The van der Waals surface area contributed by atoms with Gasteiger partial charge in [-0.25, -0.2) is 9.48 Å². The molecule has 1 aliphatic carbocycles. The number of rotatable bonds is 5. The second kappa shape index (κ2) is 9.27. The van der Waals surface area contributed by atoms with Crippen molar-refractivity contribution in [2.24, 2.45) is 11.1 Å². The van der Waals surface area contributed by atoms with E-state index in [4.69, 9.17) is 16.2 Å². The second-order valence-electron chi connectivity index (χ2n) is 11.9. The highest BCUT2D eigenvalue weighted by atomic mass is 19.4. The Morgan fingerprint density at radius 1 is 1.15 bits per heavy atom. The van der Waals surface area contributed by atoms with Crippen LogP contribution < -0.4 is 11.5 Å². The van der Waals surface area contributed by atoms with Crippen LogP contribution in [0, 0.1) is 12.3 Å². The third-order valence-corrected chi connectivity index (χ3v) is 7.30. The molecule has 0 radical (unpaired) electrons. The van der Waals surface area contributed by atoms with Gasteiger partial charge in [0.1, 0.15) is 22.7 Å². The fourth-order valence-electron chi connectivity index (χ4n) is 5.64. The van der Waals surface area contributed by atoms with Crippen LogP contribution in [0.4, 0.5) is 23.8 Å². The molecular formula is C27H32F3N7O3. The lowest BCUT2D eigenvalue weighted by Crippen LogP contribution is -2.64. The van der Waals surface area contributed by atoms with E-state index in [2.05, 4.69) is 10.2 Å². The number of carbonyl (C=O) groups is 2. The number of ether oxygens (including phenoxy) is 1. The van der Waals surface area contributed by atoms with Gasteiger partial charge in [-0.1, -0.05) is 11.6 Å². The number of aromatic nitrogens is 4. The van der Waals surface area contributed by atoms with Gasteiger partial charge in [0, 0.05) is 30.3 Å². The van der Waals surface area contributed by atoms with Gasteiger partial charge in [0.15, 0.2) is 0 Å². The van der Waals surface area contributed by atoms with Gasteiger partial charge in [0.25, 0.3) is 5.91 Å². The van der Waals surface area contributed by atoms with E-state index in [-0.39, 0.29) is 41.2 Å². The number of hydrogen-bond acceptors (Lipinski definition) is 6. The van der Waals surface area contributed by atoms with Gasteiger partial charge < -0.3 is 21.1 Å². The Hall–Kier alpha value is -4.03. The first-order chi connectivity index (χ1) is 18.5. The molecule has 13 heteroatoms. The molecule has 2 aliphatic rings. The average molecular weight is 560 g/mol. The molecule has 1 spiro atoms. The number of carbonyl (C=O) groups excluding carboxylic acids is 2. The number of likely N-dealkylation sites (tertiary alicyclic amines) is 1. The van der Waals surface area contributed by atoms with Gasteiger partial charge in [-0.15, -0.1) is 0 Å². The van der Waals surface area contributed by atoms with Crippen LogP contribution in [0.25, 0.3) is 11.3 Å². The van der Waals surface area contributed by atoms with Gasteiger partial charge >= 0.3 is 12.3 Å². The summed E-state index contributed by atoms with van der Waals surface area (Å²) >= 11 is 0. The lowest BCUT2D eigenvalue weighted by molar-refractivity contribution is -0.137. The Labute approximate surface area is 229 Å². The van der Waals surface area contributed by atoms with Gasteiger partial charge in [-0.2, -0.15) is 23.4 Å². The molecule has 3 aromatic rings. The van der Waals surface area contributed by atoms with E-state index in [0.29, 0.717) is 29.8 Å². The molecule has 0 bridgehead atoms. The van der Waals surface area contributed by atoms with Crippen LogP contribution in [0.15, 0.2) is 30.6 Å². The van der Waals surface area contributed by atoms with Crippen molar-refractivity contribution in [2.45, 2.75) is 64.9 Å². The number of hydrogen-bond donors (Lipinski definition) is 2. The molecule has 5 rings (SSSR count). The van der Waals surface area contributed by atoms with Crippen LogP contribution in [0.5, 0.6) is 0 Å². The lowest BCUT2D eigenvalue weighted by Gasteiger charge is -2.58. The standard InChI is InChI=1S/C27H32F3N7O3/c1-15-5-16(7-18(6-15)27(28,29)30)11-36-12-17(10-33-36)21-20(23(32)38)22(31)37(34-21)19-8-26(9-19)13-35(14-26)24(39)40-25(2,3)4/h5-7,10,12,19H,8-9,11,13-14,31H2,1-4H3,(H2,32,38). The fraction of sp³-hybridized carbons (Fsp3) is 0.481. The number of halogens is 3. The number of nitrogens with zero attached hydrogens (tertiary/aromatic N) is 5. The van der Waals surface area contributed by atoms with Crippen molar-refractivity contribution in [3.8, 4) is 11.3 Å². The molecule has 1 saturated heterocycles. The van der Waals surface area contributed by atoms with Crippen LogP contribution in [-0.2, 0) is 17.5 Å². The Morgan fingerprint density at radius 3 is 2.42 bits per heavy atom. The third kappa shape index (κ3) is 5.24. The number of alkyl halides is 3. The molecular weight excluding hydrogens is 527 g/mol. The van der Waals surface area contributed by atoms with Crippen molar-refractivity contribution in [2.75, 3.05) is 18.8 Å². The van der Waals surface area contributed by atoms with E-state index in [1.54, 1.807) is 28.8 Å². The van der Waals surface area contributed by atoms with Crippen molar-refractivity contribution in [1.82, 2.24) is 24.5 Å². The molecule has 2 amide bonds. The highest BCUT2D eigenvalue weighted by Crippen LogP contribution is 2.55. The van der Waals surface area contributed by atoms with Crippen molar-refractivity contribution < 1.29 is 27.5 Å². The second-order valence-corrected chi connectivity index (χ2v) is 11.9. The summed E-state index contributed by atoms with van der Waals surface area (Å²) in [6.45, 7) is 8.32. The summed E-state index contributed by atoms with van der Waals surface area (Å²) < 4.78 is 48.3. The lowest BCUT2D eigenvalue weighted by atomic mass is 9.61. The predicted molar refractivity (Wildman–Crippen MR) is 140 cm³/mol. The first-order valence-electron chi connectivity index (χ1n) is 12.9. The maximum atomic E-state index is 13.2. The molecule has 0 atom stereocenters. The Morgan fingerprint density at radius 2 is 1.82 bits per heavy atom. The van der Waals surface area contributed by atoms with Gasteiger partial charge in [0.05, 0.1) is 24.3 Å². The summed E-state index contributed by atoms with van der Waals surface area (Å²) in [5.41, 5.74) is 12.4. The molecule has 1 saturated carbocycles. The highest BCUT2D eigenvalue weighted by molar-refractivity contribution is 6.03. The molecule has 40 heavy (non-hydrogen) atoms. The zero-order chi connectivity index (χ0) is 29.2. The summed E-state index contributed by atoms with van der Waals surface area (Å²) in [5, 5.41) is 8.88. The number of nitrogen functional groups attached to an aromatic ring is 1. The molecule has 2 aromatic heterocycles. The van der Waals surface area contributed by atoms with E-state index >= 15 is 0 Å². The van der Waals surface area contributed by atoms with Crippen LogP contribution in [0.1, 0.15) is 66.7 Å². The van der Waals surface area contributed by atoms with Crippen LogP contribution in [0.2, 0.25) is 0 Å². The van der Waals surface area contributed by atoms with Crippen molar-refractivity contribution in [3.63, 3.8) is 0 Å². The van der Waals surface area contributed by atoms with Gasteiger partial charge in [-0.05, 0) is 58.2 Å². The zero-order valence-corrected chi connectivity index (χ0v) is 22.7. The van der Waals surface area contributed by atoms with Crippen molar-refractivity contribution in [1.29, 1.82) is 0 Å². The molecule has 3 heterocycles. The van der Waals surface area contributed by atoms with E-state index in [0.717, 1.165) is 25.0 Å². The molecule has 214 valence electrons. The number of primary amides is 1.